The lowest BCUT2D eigenvalue weighted by Gasteiger charge is -2.26. The van der Waals surface area contributed by atoms with Crippen LogP contribution < -0.4 is 5.32 Å². The van der Waals surface area contributed by atoms with Gasteiger partial charge in [0.2, 0.25) is 0 Å². The van der Waals surface area contributed by atoms with Gasteiger partial charge >= 0.3 is 0 Å². The molecule has 2 aliphatic carbocycles. The monoisotopic (exact) mass is 469 g/mol. The molecule has 0 radical (unpaired) electrons. The number of hydrogen-bond donors (Lipinski definition) is 2. The lowest BCUT2D eigenvalue weighted by Crippen LogP contribution is -2.25. The Hall–Kier alpha value is -3.45. The number of aliphatic hydroxyl groups is 1. The van der Waals surface area contributed by atoms with E-state index in [0.717, 1.165) is 59.4 Å². The zero-order valence-electron chi connectivity index (χ0n) is 20.0. The molecule has 2 fully saturated rings. The standard InChI is InChI=1S/C28H31N5O2/c1-18-7-8-20(28(35)31-23-10-11-23)13-24(18)22-14-30-33(17-22)26-15-29-25-12-9-21(16-32(25)26)27(34)19-5-3-2-4-6-19/h7-9,12-17,19,23,27,34H,2-6,10-11H2,1H3,(H,31,35). The van der Waals surface area contributed by atoms with Gasteiger partial charge in [0, 0.05) is 29.6 Å². The van der Waals surface area contributed by atoms with Gasteiger partial charge in [-0.15, -0.1) is 0 Å². The Morgan fingerprint density at radius 2 is 1.89 bits per heavy atom. The molecule has 7 nitrogen and oxygen atoms in total. The Kier molecular flexibility index (Phi) is 5.65. The summed E-state index contributed by atoms with van der Waals surface area (Å²) in [7, 11) is 0. The number of carbonyl (C=O) groups excluding carboxylic acids is 1. The van der Waals surface area contributed by atoms with E-state index >= 15 is 0 Å². The Bertz CT molecular complexity index is 1380. The van der Waals surface area contributed by atoms with Crippen LogP contribution in [0, 0.1) is 12.8 Å². The van der Waals surface area contributed by atoms with Crippen molar-refractivity contribution in [2.45, 2.75) is 64.0 Å². The molecule has 7 heteroatoms. The number of carbonyl (C=O) groups is 1. The van der Waals surface area contributed by atoms with Crippen LogP contribution in [0.25, 0.3) is 22.6 Å². The van der Waals surface area contributed by atoms with Gasteiger partial charge in [-0.1, -0.05) is 31.4 Å². The summed E-state index contributed by atoms with van der Waals surface area (Å²) in [5, 5.41) is 18.7. The summed E-state index contributed by atoms with van der Waals surface area (Å²) in [6, 6.07) is 10.1. The van der Waals surface area contributed by atoms with E-state index in [1.807, 2.05) is 64.9 Å². The molecule has 1 aromatic carbocycles. The number of amides is 1. The second kappa shape index (κ2) is 8.96. The van der Waals surface area contributed by atoms with E-state index in [1.54, 1.807) is 6.20 Å². The summed E-state index contributed by atoms with van der Waals surface area (Å²) in [4.78, 5) is 17.1. The van der Waals surface area contributed by atoms with Crippen LogP contribution >= 0.6 is 0 Å². The van der Waals surface area contributed by atoms with E-state index in [9.17, 15) is 9.90 Å². The van der Waals surface area contributed by atoms with E-state index < -0.39 is 6.10 Å². The molecule has 180 valence electrons. The summed E-state index contributed by atoms with van der Waals surface area (Å²) >= 11 is 0. The van der Waals surface area contributed by atoms with Crippen LogP contribution in [0.15, 0.2) is 55.1 Å². The third-order valence-corrected chi connectivity index (χ3v) is 7.49. The number of nitrogens with one attached hydrogen (secondary N) is 1. The molecule has 6 rings (SSSR count). The highest BCUT2D eigenvalue weighted by molar-refractivity contribution is 5.96. The number of imidazole rings is 1. The van der Waals surface area contributed by atoms with Gasteiger partial charge < -0.3 is 10.4 Å². The number of benzene rings is 1. The number of fused-ring (bicyclic) bond motifs is 1. The van der Waals surface area contributed by atoms with Crippen LogP contribution in [0.5, 0.6) is 0 Å². The predicted molar refractivity (Wildman–Crippen MR) is 135 cm³/mol. The van der Waals surface area contributed by atoms with Crippen LogP contribution in [-0.4, -0.2) is 36.2 Å². The molecule has 0 bridgehead atoms. The van der Waals surface area contributed by atoms with Gasteiger partial charge in [-0.3, -0.25) is 9.20 Å². The first-order valence-corrected chi connectivity index (χ1v) is 12.7. The summed E-state index contributed by atoms with van der Waals surface area (Å²) in [6.45, 7) is 2.04. The van der Waals surface area contributed by atoms with Gasteiger partial charge in [-0.05, 0) is 73.4 Å². The van der Waals surface area contributed by atoms with E-state index in [0.29, 0.717) is 17.5 Å². The number of pyridine rings is 1. The van der Waals surface area contributed by atoms with Crippen molar-refractivity contribution in [1.82, 2.24) is 24.5 Å². The number of rotatable bonds is 6. The van der Waals surface area contributed by atoms with Gasteiger partial charge in [0.1, 0.15) is 5.65 Å². The van der Waals surface area contributed by atoms with Crippen molar-refractivity contribution in [2.24, 2.45) is 5.92 Å². The zero-order chi connectivity index (χ0) is 23.9. The van der Waals surface area contributed by atoms with Crippen molar-refractivity contribution in [3.63, 3.8) is 0 Å². The highest BCUT2D eigenvalue weighted by Crippen LogP contribution is 2.34. The molecule has 2 saturated carbocycles. The normalized spacial score (nSPS) is 17.5. The minimum absolute atomic E-state index is 0.0213. The van der Waals surface area contributed by atoms with Crippen LogP contribution in [0.3, 0.4) is 0 Å². The van der Waals surface area contributed by atoms with E-state index in [1.165, 1.54) is 19.3 Å². The summed E-state index contributed by atoms with van der Waals surface area (Å²) in [5.74, 6) is 1.10. The third kappa shape index (κ3) is 4.36. The summed E-state index contributed by atoms with van der Waals surface area (Å²) in [5.41, 5.74) is 5.41. The van der Waals surface area contributed by atoms with E-state index in [-0.39, 0.29) is 5.91 Å². The zero-order valence-corrected chi connectivity index (χ0v) is 20.0. The molecule has 4 aromatic rings. The maximum Gasteiger partial charge on any atom is 0.251 e. The maximum absolute atomic E-state index is 12.6. The minimum Gasteiger partial charge on any atom is -0.388 e. The SMILES string of the molecule is Cc1ccc(C(=O)NC2CC2)cc1-c1cnn(-c2cnc3ccc(C(O)C4CCCCC4)cn23)c1. The quantitative estimate of drug-likeness (QED) is 0.416. The second-order valence-electron chi connectivity index (χ2n) is 10.1. The average Bonchev–Trinajstić information content (AvgIpc) is 3.39. The molecule has 1 unspecified atom stereocenters. The van der Waals surface area contributed by atoms with Crippen molar-refractivity contribution < 1.29 is 9.90 Å². The smallest absolute Gasteiger partial charge is 0.251 e. The fraction of sp³-hybridized carbons (Fsp3) is 0.393. The van der Waals surface area contributed by atoms with Crippen LogP contribution in [0.2, 0.25) is 0 Å². The second-order valence-corrected chi connectivity index (χ2v) is 10.1. The number of hydrogen-bond acceptors (Lipinski definition) is 4. The van der Waals surface area contributed by atoms with Crippen molar-refractivity contribution in [3.8, 4) is 16.9 Å². The van der Waals surface area contributed by atoms with Crippen molar-refractivity contribution in [3.05, 3.63) is 71.8 Å². The first-order valence-electron chi connectivity index (χ1n) is 12.7. The number of aryl methyl sites for hydroxylation is 1. The van der Waals surface area contributed by atoms with Gasteiger partial charge in [-0.2, -0.15) is 5.10 Å². The van der Waals surface area contributed by atoms with Crippen LogP contribution in [0.4, 0.5) is 0 Å². The molecular formula is C28H31N5O2. The van der Waals surface area contributed by atoms with Gasteiger partial charge in [0.15, 0.2) is 5.82 Å². The first kappa shape index (κ1) is 22.0. The Morgan fingerprint density at radius 3 is 2.69 bits per heavy atom. The average molecular weight is 470 g/mol. The molecule has 2 aliphatic rings. The summed E-state index contributed by atoms with van der Waals surface area (Å²) in [6.07, 6.45) is 15.1. The van der Waals surface area contributed by atoms with Crippen molar-refractivity contribution >= 4 is 11.6 Å². The lowest BCUT2D eigenvalue weighted by molar-refractivity contribution is 0.0845. The Labute approximate surface area is 204 Å². The number of nitrogens with zero attached hydrogens (tertiary/aromatic N) is 4. The van der Waals surface area contributed by atoms with Crippen LogP contribution in [-0.2, 0) is 0 Å². The fourth-order valence-electron chi connectivity index (χ4n) is 5.21. The molecule has 3 aromatic heterocycles. The van der Waals surface area contributed by atoms with Gasteiger partial charge in [0.25, 0.3) is 5.91 Å². The predicted octanol–water partition coefficient (Wildman–Crippen LogP) is 5.00. The maximum atomic E-state index is 12.6. The summed E-state index contributed by atoms with van der Waals surface area (Å²) < 4.78 is 3.80. The Morgan fingerprint density at radius 1 is 1.06 bits per heavy atom. The molecule has 0 spiro atoms. The van der Waals surface area contributed by atoms with E-state index in [4.69, 9.17) is 0 Å². The largest absolute Gasteiger partial charge is 0.388 e. The van der Waals surface area contributed by atoms with E-state index in [2.05, 4.69) is 15.4 Å². The number of aliphatic hydroxyl groups excluding tert-OH is 1. The van der Waals surface area contributed by atoms with Gasteiger partial charge in [0.05, 0.1) is 18.5 Å². The Balaban J connectivity index is 1.30. The van der Waals surface area contributed by atoms with Crippen LogP contribution in [0.1, 0.15) is 72.5 Å². The van der Waals surface area contributed by atoms with Crippen molar-refractivity contribution in [1.29, 1.82) is 0 Å². The highest BCUT2D eigenvalue weighted by Gasteiger charge is 2.25. The molecule has 2 N–H and O–H groups in total. The lowest BCUT2D eigenvalue weighted by atomic mass is 9.83. The molecule has 1 atom stereocenters. The highest BCUT2D eigenvalue weighted by atomic mass is 16.3. The minimum atomic E-state index is -0.463. The molecule has 35 heavy (non-hydrogen) atoms. The third-order valence-electron chi connectivity index (χ3n) is 7.49. The first-order chi connectivity index (χ1) is 17.1. The number of aromatic nitrogens is 4. The molecule has 0 saturated heterocycles. The molecule has 3 heterocycles. The molecule has 1 amide bonds. The topological polar surface area (TPSA) is 84.5 Å². The molecule has 0 aliphatic heterocycles. The van der Waals surface area contributed by atoms with Gasteiger partial charge in [-0.25, -0.2) is 9.67 Å². The molecular weight excluding hydrogens is 438 g/mol. The fourth-order valence-corrected chi connectivity index (χ4v) is 5.21. The van der Waals surface area contributed by atoms with Crippen molar-refractivity contribution in [2.75, 3.05) is 0 Å².